The number of ether oxygens (including phenoxy) is 3. The van der Waals surface area contributed by atoms with Crippen molar-refractivity contribution in [3.63, 3.8) is 0 Å². The van der Waals surface area contributed by atoms with Gasteiger partial charge in [0.05, 0.1) is 19.4 Å². The van der Waals surface area contributed by atoms with Gasteiger partial charge in [-0.25, -0.2) is 13.6 Å². The highest BCUT2D eigenvalue weighted by atomic mass is 19.1. The van der Waals surface area contributed by atoms with Crippen LogP contribution in [0.2, 0.25) is 0 Å². The molecule has 2 aromatic rings. The third-order valence-electron chi connectivity index (χ3n) is 3.84. The molecule has 138 valence electrons. The van der Waals surface area contributed by atoms with Crippen molar-refractivity contribution in [1.82, 2.24) is 5.32 Å². The summed E-state index contributed by atoms with van der Waals surface area (Å²) in [6.07, 6.45) is 0.383. The van der Waals surface area contributed by atoms with Crippen molar-refractivity contribution in [2.75, 3.05) is 25.8 Å². The molecular weight excluding hydrogens is 346 g/mol. The number of benzene rings is 2. The summed E-state index contributed by atoms with van der Waals surface area (Å²) in [5.41, 5.74) is 1.64. The number of hydrogen-bond donors (Lipinski definition) is 2. The molecule has 0 bridgehead atoms. The van der Waals surface area contributed by atoms with Crippen molar-refractivity contribution < 1.29 is 27.8 Å². The number of halogens is 2. The summed E-state index contributed by atoms with van der Waals surface area (Å²) in [5.74, 6) is -0.0335. The fourth-order valence-electron chi connectivity index (χ4n) is 2.69. The van der Waals surface area contributed by atoms with E-state index in [0.717, 1.165) is 0 Å². The van der Waals surface area contributed by atoms with E-state index in [1.807, 2.05) is 0 Å². The van der Waals surface area contributed by atoms with Crippen molar-refractivity contribution in [1.29, 1.82) is 0 Å². The summed E-state index contributed by atoms with van der Waals surface area (Å²) >= 11 is 0. The summed E-state index contributed by atoms with van der Waals surface area (Å²) < 4.78 is 42.5. The second-order valence-electron chi connectivity index (χ2n) is 5.64. The third-order valence-corrected chi connectivity index (χ3v) is 3.84. The number of methoxy groups -OCH3 is 1. The number of fused-ring (bicyclic) bond motifs is 1. The zero-order valence-corrected chi connectivity index (χ0v) is 14.1. The number of urea groups is 1. The van der Waals surface area contributed by atoms with E-state index in [0.29, 0.717) is 35.6 Å². The first-order chi connectivity index (χ1) is 12.6. The van der Waals surface area contributed by atoms with E-state index in [2.05, 4.69) is 10.6 Å². The average molecular weight is 364 g/mol. The van der Waals surface area contributed by atoms with Crippen LogP contribution in [-0.2, 0) is 17.8 Å². The predicted octanol–water partition coefficient (Wildman–Crippen LogP) is 3.20. The predicted molar refractivity (Wildman–Crippen MR) is 90.4 cm³/mol. The summed E-state index contributed by atoms with van der Waals surface area (Å²) in [7, 11) is 1.38. The minimum atomic E-state index is -0.482. The molecule has 3 rings (SSSR count). The zero-order chi connectivity index (χ0) is 18.5. The molecule has 0 atom stereocenters. The molecule has 0 fully saturated rings. The Balaban J connectivity index is 1.59. The van der Waals surface area contributed by atoms with Crippen molar-refractivity contribution >= 4 is 11.7 Å². The van der Waals surface area contributed by atoms with Crippen LogP contribution in [0, 0.1) is 11.6 Å². The van der Waals surface area contributed by atoms with Crippen molar-refractivity contribution in [3.05, 3.63) is 53.1 Å². The van der Waals surface area contributed by atoms with Gasteiger partial charge in [-0.3, -0.25) is 0 Å². The van der Waals surface area contributed by atoms with Gasteiger partial charge in [-0.05, 0) is 36.2 Å². The smallest absolute Gasteiger partial charge is 0.319 e. The van der Waals surface area contributed by atoms with Gasteiger partial charge in [0.25, 0.3) is 0 Å². The van der Waals surface area contributed by atoms with Gasteiger partial charge in [-0.1, -0.05) is 0 Å². The molecule has 0 aromatic heterocycles. The number of amides is 2. The van der Waals surface area contributed by atoms with E-state index < -0.39 is 11.8 Å². The van der Waals surface area contributed by atoms with Crippen LogP contribution in [0.3, 0.4) is 0 Å². The first-order valence-electron chi connectivity index (χ1n) is 7.97. The van der Waals surface area contributed by atoms with Gasteiger partial charge in [-0.15, -0.1) is 0 Å². The lowest BCUT2D eigenvalue weighted by Crippen LogP contribution is -2.30. The van der Waals surface area contributed by atoms with Crippen LogP contribution in [0.5, 0.6) is 11.5 Å². The normalized spacial score (nSPS) is 12.7. The van der Waals surface area contributed by atoms with Crippen LogP contribution in [0.4, 0.5) is 19.3 Å². The Morgan fingerprint density at radius 2 is 2.08 bits per heavy atom. The second-order valence-corrected chi connectivity index (χ2v) is 5.64. The standard InChI is InChI=1S/C18H18F2N2O4/c1-24-16-8-13(19)2-3-15(16)22-18(23)21-5-4-11-6-14(20)7-12-9-25-10-26-17(11)12/h2-3,6-8H,4-5,9-10H2,1H3,(H2,21,22,23). The maximum absolute atomic E-state index is 13.7. The Kier molecular flexibility index (Phi) is 5.52. The van der Waals surface area contributed by atoms with Crippen LogP contribution >= 0.6 is 0 Å². The Hall–Kier alpha value is -2.87. The third kappa shape index (κ3) is 4.20. The lowest BCUT2D eigenvalue weighted by Gasteiger charge is -2.21. The minimum Gasteiger partial charge on any atom is -0.494 e. The molecule has 8 heteroatoms. The summed E-state index contributed by atoms with van der Waals surface area (Å²) in [6, 6.07) is 6.07. The van der Waals surface area contributed by atoms with Crippen LogP contribution in [0.15, 0.2) is 30.3 Å². The van der Waals surface area contributed by atoms with Crippen molar-refractivity contribution in [3.8, 4) is 11.5 Å². The molecule has 2 N–H and O–H groups in total. The molecule has 0 radical (unpaired) electrons. The lowest BCUT2D eigenvalue weighted by atomic mass is 10.1. The van der Waals surface area contributed by atoms with E-state index in [1.54, 1.807) is 0 Å². The molecule has 6 nitrogen and oxygen atoms in total. The lowest BCUT2D eigenvalue weighted by molar-refractivity contribution is -0.0172. The number of nitrogens with one attached hydrogen (secondary N) is 2. The maximum atomic E-state index is 13.7. The van der Waals surface area contributed by atoms with Gasteiger partial charge < -0.3 is 24.8 Å². The van der Waals surface area contributed by atoms with Crippen molar-refractivity contribution in [2.45, 2.75) is 13.0 Å². The first kappa shape index (κ1) is 17.9. The highest BCUT2D eigenvalue weighted by Crippen LogP contribution is 2.29. The Bertz CT molecular complexity index is 814. The molecule has 1 aliphatic rings. The SMILES string of the molecule is COc1cc(F)ccc1NC(=O)NCCc1cc(F)cc2c1OCOC2. The van der Waals surface area contributed by atoms with Gasteiger partial charge >= 0.3 is 6.03 Å². The molecular formula is C18H18F2N2O4. The van der Waals surface area contributed by atoms with E-state index in [1.165, 1.54) is 37.4 Å². The number of hydrogen-bond acceptors (Lipinski definition) is 4. The largest absolute Gasteiger partial charge is 0.494 e. The average Bonchev–Trinajstić information content (AvgIpc) is 2.63. The van der Waals surface area contributed by atoms with E-state index in [-0.39, 0.29) is 24.9 Å². The Morgan fingerprint density at radius 3 is 2.88 bits per heavy atom. The second kappa shape index (κ2) is 8.01. The van der Waals surface area contributed by atoms with Gasteiger partial charge in [-0.2, -0.15) is 0 Å². The number of anilines is 1. The monoisotopic (exact) mass is 364 g/mol. The van der Waals surface area contributed by atoms with Gasteiger partial charge in [0.2, 0.25) is 0 Å². The van der Waals surface area contributed by atoms with E-state index in [4.69, 9.17) is 14.2 Å². The molecule has 0 saturated heterocycles. The van der Waals surface area contributed by atoms with E-state index >= 15 is 0 Å². The minimum absolute atomic E-state index is 0.115. The van der Waals surface area contributed by atoms with Crippen LogP contribution in [0.1, 0.15) is 11.1 Å². The van der Waals surface area contributed by atoms with Gasteiger partial charge in [0.1, 0.15) is 23.1 Å². The topological polar surface area (TPSA) is 68.8 Å². The summed E-state index contributed by atoms with van der Waals surface area (Å²) in [6.45, 7) is 0.664. The van der Waals surface area contributed by atoms with Crippen LogP contribution in [-0.4, -0.2) is 26.5 Å². The van der Waals surface area contributed by atoms with Crippen LogP contribution < -0.4 is 20.1 Å². The first-order valence-corrected chi connectivity index (χ1v) is 7.97. The van der Waals surface area contributed by atoms with Crippen molar-refractivity contribution in [2.24, 2.45) is 0 Å². The van der Waals surface area contributed by atoms with Gasteiger partial charge in [0, 0.05) is 18.2 Å². The molecule has 26 heavy (non-hydrogen) atoms. The maximum Gasteiger partial charge on any atom is 0.319 e. The van der Waals surface area contributed by atoms with E-state index in [9.17, 15) is 13.6 Å². The quantitative estimate of drug-likeness (QED) is 0.855. The molecule has 0 aliphatic carbocycles. The molecule has 0 spiro atoms. The Labute approximate surface area is 149 Å². The van der Waals surface area contributed by atoms with Gasteiger partial charge in [0.15, 0.2) is 6.79 Å². The fourth-order valence-corrected chi connectivity index (χ4v) is 2.69. The highest BCUT2D eigenvalue weighted by molar-refractivity contribution is 5.90. The molecule has 2 amide bonds. The molecule has 1 aliphatic heterocycles. The summed E-state index contributed by atoms with van der Waals surface area (Å²) in [4.78, 5) is 12.0. The summed E-state index contributed by atoms with van der Waals surface area (Å²) in [5, 5.41) is 5.24. The molecule has 0 saturated carbocycles. The Morgan fingerprint density at radius 1 is 1.23 bits per heavy atom. The highest BCUT2D eigenvalue weighted by Gasteiger charge is 2.17. The number of carbonyl (C=O) groups is 1. The van der Waals surface area contributed by atoms with Crippen LogP contribution in [0.25, 0.3) is 0 Å². The molecule has 0 unspecified atom stereocenters. The number of carbonyl (C=O) groups excluding carboxylic acids is 1. The number of rotatable bonds is 5. The zero-order valence-electron chi connectivity index (χ0n) is 14.1. The fraction of sp³-hybridized carbons (Fsp3) is 0.278. The molecule has 1 heterocycles. The molecule has 2 aromatic carbocycles.